The molecule has 1 aromatic carbocycles. The highest BCUT2D eigenvalue weighted by molar-refractivity contribution is 7.92. The molecule has 0 fully saturated rings. The van der Waals surface area contributed by atoms with Crippen LogP contribution in [0.3, 0.4) is 0 Å². The van der Waals surface area contributed by atoms with E-state index in [0.717, 1.165) is 12.8 Å². The molecule has 0 saturated heterocycles. The van der Waals surface area contributed by atoms with Crippen molar-refractivity contribution >= 4 is 39.5 Å². The number of hydrogen-bond donors (Lipinski definition) is 2. The van der Waals surface area contributed by atoms with Gasteiger partial charge in [0.1, 0.15) is 11.5 Å². The van der Waals surface area contributed by atoms with Gasteiger partial charge in [0.2, 0.25) is 5.91 Å². The van der Waals surface area contributed by atoms with E-state index in [4.69, 9.17) is 10.5 Å². The normalized spacial score (nSPS) is 10.6. The molecule has 126 valence electrons. The number of nitrogens with two attached hydrogens (primary N) is 1. The van der Waals surface area contributed by atoms with Crippen LogP contribution in [0, 0.1) is 0 Å². The largest absolute Gasteiger partial charge is 0.495 e. The number of nitrogens with one attached hydrogen (secondary N) is 1. The number of anilines is 2. The molecule has 8 heteroatoms. The molecule has 6 nitrogen and oxygen atoms in total. The Hall–Kier alpha value is -1.47. The Morgan fingerprint density at radius 2 is 2.00 bits per heavy atom. The van der Waals surface area contributed by atoms with E-state index in [1.54, 1.807) is 12.1 Å². The van der Waals surface area contributed by atoms with E-state index in [1.807, 2.05) is 6.92 Å². The second kappa shape index (κ2) is 9.53. The monoisotopic (exact) mass is 350 g/mol. The van der Waals surface area contributed by atoms with Crippen LogP contribution in [-0.4, -0.2) is 32.9 Å². The van der Waals surface area contributed by atoms with Gasteiger partial charge in [0.25, 0.3) is 0 Å². The van der Waals surface area contributed by atoms with Crippen molar-refractivity contribution in [3.63, 3.8) is 0 Å². The minimum Gasteiger partial charge on any atom is -0.495 e. The highest BCUT2D eigenvalue weighted by Crippen LogP contribution is 2.24. The topological polar surface area (TPSA) is 98.5 Å². The van der Waals surface area contributed by atoms with Crippen LogP contribution in [0.4, 0.5) is 11.4 Å². The summed E-state index contributed by atoms with van der Waals surface area (Å²) in [5.74, 6) is -0.530. The van der Waals surface area contributed by atoms with Crippen LogP contribution in [0.25, 0.3) is 0 Å². The summed E-state index contributed by atoms with van der Waals surface area (Å²) in [5.41, 5.74) is 6.54. The van der Waals surface area contributed by atoms with Gasteiger partial charge in [-0.3, -0.25) is 4.79 Å². The molecule has 0 aliphatic heterocycles. The molecule has 0 aliphatic rings. The van der Waals surface area contributed by atoms with Crippen LogP contribution in [0.1, 0.15) is 26.2 Å². The Kier molecular flexibility index (Phi) is 8.89. The molecule has 0 saturated carbocycles. The second-order valence-electron chi connectivity index (χ2n) is 4.80. The molecule has 0 bridgehead atoms. The molecule has 0 spiro atoms. The van der Waals surface area contributed by atoms with Gasteiger partial charge in [-0.15, -0.1) is 12.4 Å². The van der Waals surface area contributed by atoms with E-state index in [9.17, 15) is 13.2 Å². The first-order chi connectivity index (χ1) is 9.88. The van der Waals surface area contributed by atoms with Gasteiger partial charge in [0, 0.05) is 5.69 Å². The molecule has 1 rings (SSSR count). The third kappa shape index (κ3) is 7.00. The summed E-state index contributed by atoms with van der Waals surface area (Å²) in [7, 11) is -1.87. The van der Waals surface area contributed by atoms with Gasteiger partial charge in [-0.05, 0) is 24.6 Å². The van der Waals surface area contributed by atoms with Gasteiger partial charge < -0.3 is 15.8 Å². The summed E-state index contributed by atoms with van der Waals surface area (Å²) >= 11 is 0. The number of carbonyl (C=O) groups excluding carboxylic acids is 1. The SMILES string of the molecule is CCCCCS(=O)(=O)CC(=O)Nc1ccc(OC)c(N)c1.Cl. The van der Waals surface area contributed by atoms with Crippen LogP contribution in [0.5, 0.6) is 5.75 Å². The fourth-order valence-corrected chi connectivity index (χ4v) is 3.11. The van der Waals surface area contributed by atoms with Crippen LogP contribution in [0.2, 0.25) is 0 Å². The summed E-state index contributed by atoms with van der Waals surface area (Å²) < 4.78 is 28.5. The van der Waals surface area contributed by atoms with Crippen molar-refractivity contribution in [2.45, 2.75) is 26.2 Å². The third-order valence-electron chi connectivity index (χ3n) is 2.92. The van der Waals surface area contributed by atoms with E-state index in [-0.39, 0.29) is 18.2 Å². The van der Waals surface area contributed by atoms with Gasteiger partial charge in [0.15, 0.2) is 9.84 Å². The van der Waals surface area contributed by atoms with E-state index in [2.05, 4.69) is 5.32 Å². The number of rotatable bonds is 8. The maximum Gasteiger partial charge on any atom is 0.239 e. The number of carbonyl (C=O) groups is 1. The maximum absolute atomic E-state index is 11.8. The second-order valence-corrected chi connectivity index (χ2v) is 6.99. The summed E-state index contributed by atoms with van der Waals surface area (Å²) in [6, 6.07) is 4.75. The van der Waals surface area contributed by atoms with Crippen LogP contribution in [-0.2, 0) is 14.6 Å². The van der Waals surface area contributed by atoms with Crippen molar-refractivity contribution in [2.24, 2.45) is 0 Å². The van der Waals surface area contributed by atoms with Crippen LogP contribution >= 0.6 is 12.4 Å². The summed E-state index contributed by atoms with van der Waals surface area (Å²) in [6.07, 6.45) is 2.37. The Balaban J connectivity index is 0.00000441. The predicted octanol–water partition coefficient (Wildman–Crippen LogP) is 2.24. The van der Waals surface area contributed by atoms with Crippen molar-refractivity contribution < 1.29 is 17.9 Å². The van der Waals surface area contributed by atoms with Crippen molar-refractivity contribution in [1.29, 1.82) is 0 Å². The molecule has 0 unspecified atom stereocenters. The smallest absolute Gasteiger partial charge is 0.239 e. The maximum atomic E-state index is 11.8. The first-order valence-electron chi connectivity index (χ1n) is 6.81. The summed E-state index contributed by atoms with van der Waals surface area (Å²) in [4.78, 5) is 11.8. The fourth-order valence-electron chi connectivity index (χ4n) is 1.85. The number of benzene rings is 1. The lowest BCUT2D eigenvalue weighted by Crippen LogP contribution is -2.24. The lowest BCUT2D eigenvalue weighted by atomic mass is 10.2. The standard InChI is InChI=1S/C14H22N2O4S.ClH/c1-3-4-5-8-21(18,19)10-14(17)16-11-6-7-13(20-2)12(15)9-11;/h6-7,9H,3-5,8,10,15H2,1-2H3,(H,16,17);1H. The lowest BCUT2D eigenvalue weighted by molar-refractivity contribution is -0.113. The highest BCUT2D eigenvalue weighted by atomic mass is 35.5. The van der Waals surface area contributed by atoms with E-state index in [1.165, 1.54) is 13.2 Å². The Bertz CT molecular complexity index is 591. The fraction of sp³-hybridized carbons (Fsp3) is 0.500. The third-order valence-corrected chi connectivity index (χ3v) is 4.54. The van der Waals surface area contributed by atoms with Gasteiger partial charge in [-0.2, -0.15) is 0 Å². The average Bonchev–Trinajstić information content (AvgIpc) is 2.38. The molecule has 1 amide bonds. The Morgan fingerprint density at radius 1 is 1.32 bits per heavy atom. The molecule has 0 atom stereocenters. The number of halogens is 1. The molecular weight excluding hydrogens is 328 g/mol. The minimum atomic E-state index is -3.36. The van der Waals surface area contributed by atoms with Gasteiger partial charge >= 0.3 is 0 Å². The van der Waals surface area contributed by atoms with E-state index >= 15 is 0 Å². The Morgan fingerprint density at radius 3 is 2.55 bits per heavy atom. The molecule has 0 aromatic heterocycles. The summed E-state index contributed by atoms with van der Waals surface area (Å²) in [5, 5.41) is 2.53. The molecule has 1 aromatic rings. The highest BCUT2D eigenvalue weighted by Gasteiger charge is 2.16. The number of unbranched alkanes of at least 4 members (excludes halogenated alkanes) is 2. The van der Waals surface area contributed by atoms with E-state index in [0.29, 0.717) is 23.5 Å². The molecule has 0 heterocycles. The molecular formula is C14H23ClN2O4S. The first kappa shape index (κ1) is 20.5. The van der Waals surface area contributed by atoms with Crippen LogP contribution < -0.4 is 15.8 Å². The molecule has 0 aliphatic carbocycles. The zero-order valence-corrected chi connectivity index (χ0v) is 14.4. The molecule has 22 heavy (non-hydrogen) atoms. The number of methoxy groups -OCH3 is 1. The van der Waals surface area contributed by atoms with E-state index < -0.39 is 21.5 Å². The van der Waals surface area contributed by atoms with Gasteiger partial charge in [-0.1, -0.05) is 19.8 Å². The molecule has 0 radical (unpaired) electrons. The zero-order chi connectivity index (χ0) is 15.9. The average molecular weight is 351 g/mol. The molecule has 3 N–H and O–H groups in total. The number of ether oxygens (including phenoxy) is 1. The number of sulfone groups is 1. The van der Waals surface area contributed by atoms with Gasteiger partial charge in [0.05, 0.1) is 18.6 Å². The van der Waals surface area contributed by atoms with Crippen molar-refractivity contribution in [3.05, 3.63) is 18.2 Å². The quantitative estimate of drug-likeness (QED) is 0.553. The minimum absolute atomic E-state index is 0. The number of hydrogen-bond acceptors (Lipinski definition) is 5. The predicted molar refractivity (Wildman–Crippen MR) is 91.5 cm³/mol. The lowest BCUT2D eigenvalue weighted by Gasteiger charge is -2.09. The van der Waals surface area contributed by atoms with Gasteiger partial charge in [-0.25, -0.2) is 8.42 Å². The van der Waals surface area contributed by atoms with Crippen molar-refractivity contribution in [2.75, 3.05) is 29.7 Å². The zero-order valence-electron chi connectivity index (χ0n) is 12.8. The number of amides is 1. The van der Waals surface area contributed by atoms with Crippen molar-refractivity contribution in [3.8, 4) is 5.75 Å². The Labute approximate surface area is 137 Å². The first-order valence-corrected chi connectivity index (χ1v) is 8.64. The number of nitrogen functional groups attached to an aromatic ring is 1. The summed E-state index contributed by atoms with van der Waals surface area (Å²) in [6.45, 7) is 1.99. The van der Waals surface area contributed by atoms with Crippen molar-refractivity contribution in [1.82, 2.24) is 0 Å². The van der Waals surface area contributed by atoms with Crippen LogP contribution in [0.15, 0.2) is 18.2 Å².